The summed E-state index contributed by atoms with van der Waals surface area (Å²) in [7, 11) is 0. The van der Waals surface area contributed by atoms with E-state index in [1.807, 2.05) is 24.3 Å². The standard InChI is InChI=1S/C18H18ClN3O2S/c19-14-7-5-13(6-8-14)17(23)21-18(25)20-15-3-1-2-4-16(15)22-9-11-24-12-10-22/h1-8H,9-12H2,(H2,20,21,23,25). The summed E-state index contributed by atoms with van der Waals surface area (Å²) < 4.78 is 5.40. The van der Waals surface area contributed by atoms with Crippen molar-refractivity contribution in [2.75, 3.05) is 36.5 Å². The van der Waals surface area contributed by atoms with Crippen LogP contribution in [-0.2, 0) is 4.74 Å². The summed E-state index contributed by atoms with van der Waals surface area (Å²) in [6.07, 6.45) is 0. The Morgan fingerprint density at radius 3 is 2.48 bits per heavy atom. The Hall–Kier alpha value is -2.15. The van der Waals surface area contributed by atoms with E-state index in [2.05, 4.69) is 15.5 Å². The third-order valence-corrected chi connectivity index (χ3v) is 4.29. The number of thiocarbonyl (C=S) groups is 1. The zero-order valence-electron chi connectivity index (χ0n) is 13.5. The number of para-hydroxylation sites is 2. The second-order valence-electron chi connectivity index (χ2n) is 5.53. The SMILES string of the molecule is O=C(NC(=S)Nc1ccccc1N1CCOCC1)c1ccc(Cl)cc1. The second-order valence-corrected chi connectivity index (χ2v) is 6.38. The highest BCUT2D eigenvalue weighted by atomic mass is 35.5. The van der Waals surface area contributed by atoms with Crippen molar-refractivity contribution in [2.24, 2.45) is 0 Å². The number of carbonyl (C=O) groups excluding carboxylic acids is 1. The number of amides is 1. The Morgan fingerprint density at radius 2 is 1.76 bits per heavy atom. The Bertz CT molecular complexity index is 761. The lowest BCUT2D eigenvalue weighted by atomic mass is 10.2. The maximum Gasteiger partial charge on any atom is 0.257 e. The summed E-state index contributed by atoms with van der Waals surface area (Å²) in [5.74, 6) is -0.280. The predicted octanol–water partition coefficient (Wildman–Crippen LogP) is 3.30. The first-order chi connectivity index (χ1) is 12.1. The van der Waals surface area contributed by atoms with E-state index in [-0.39, 0.29) is 11.0 Å². The number of hydrogen-bond acceptors (Lipinski definition) is 4. The minimum atomic E-state index is -0.280. The molecule has 7 heteroatoms. The van der Waals surface area contributed by atoms with Crippen LogP contribution in [0.3, 0.4) is 0 Å². The van der Waals surface area contributed by atoms with Crippen molar-refractivity contribution in [1.82, 2.24) is 5.32 Å². The number of nitrogens with one attached hydrogen (secondary N) is 2. The second kappa shape index (κ2) is 8.29. The van der Waals surface area contributed by atoms with E-state index in [0.29, 0.717) is 23.8 Å². The number of carbonyl (C=O) groups is 1. The lowest BCUT2D eigenvalue weighted by Gasteiger charge is -2.30. The molecule has 0 aliphatic carbocycles. The number of rotatable bonds is 3. The van der Waals surface area contributed by atoms with Gasteiger partial charge in [-0.15, -0.1) is 0 Å². The third kappa shape index (κ3) is 4.69. The Kier molecular flexibility index (Phi) is 5.86. The van der Waals surface area contributed by atoms with Gasteiger partial charge in [-0.2, -0.15) is 0 Å². The van der Waals surface area contributed by atoms with Crippen LogP contribution in [0.15, 0.2) is 48.5 Å². The number of hydrogen-bond donors (Lipinski definition) is 2. The lowest BCUT2D eigenvalue weighted by molar-refractivity contribution is 0.0977. The van der Waals surface area contributed by atoms with Crippen LogP contribution in [0.25, 0.3) is 0 Å². The summed E-state index contributed by atoms with van der Waals surface area (Å²) in [6, 6.07) is 14.5. The van der Waals surface area contributed by atoms with Crippen molar-refractivity contribution in [2.45, 2.75) is 0 Å². The van der Waals surface area contributed by atoms with Crippen LogP contribution < -0.4 is 15.5 Å². The first kappa shape index (κ1) is 17.7. The molecule has 1 fully saturated rings. The van der Waals surface area contributed by atoms with Gasteiger partial charge in [0.15, 0.2) is 5.11 Å². The van der Waals surface area contributed by atoms with Crippen LogP contribution in [0, 0.1) is 0 Å². The molecule has 3 rings (SSSR count). The van der Waals surface area contributed by atoms with Crippen molar-refractivity contribution >= 4 is 46.2 Å². The van der Waals surface area contributed by atoms with Gasteiger partial charge >= 0.3 is 0 Å². The average Bonchev–Trinajstić information content (AvgIpc) is 2.63. The zero-order valence-corrected chi connectivity index (χ0v) is 15.1. The Balaban J connectivity index is 1.66. The minimum Gasteiger partial charge on any atom is -0.378 e. The molecule has 0 spiro atoms. The molecule has 1 aliphatic rings. The molecule has 1 heterocycles. The molecule has 2 N–H and O–H groups in total. The topological polar surface area (TPSA) is 53.6 Å². The first-order valence-electron chi connectivity index (χ1n) is 7.93. The van der Waals surface area contributed by atoms with Crippen molar-refractivity contribution in [3.05, 3.63) is 59.1 Å². The third-order valence-electron chi connectivity index (χ3n) is 3.84. The van der Waals surface area contributed by atoms with Crippen molar-refractivity contribution in [3.8, 4) is 0 Å². The fourth-order valence-corrected chi connectivity index (χ4v) is 2.92. The van der Waals surface area contributed by atoms with Gasteiger partial charge in [0, 0.05) is 23.7 Å². The van der Waals surface area contributed by atoms with Gasteiger partial charge in [0.05, 0.1) is 24.6 Å². The quantitative estimate of drug-likeness (QED) is 0.806. The monoisotopic (exact) mass is 375 g/mol. The number of anilines is 2. The van der Waals surface area contributed by atoms with Gasteiger partial charge in [-0.05, 0) is 48.6 Å². The summed E-state index contributed by atoms with van der Waals surface area (Å²) in [5.41, 5.74) is 2.38. The molecular formula is C18H18ClN3O2S. The zero-order chi connectivity index (χ0) is 17.6. The summed E-state index contributed by atoms with van der Waals surface area (Å²) in [5, 5.41) is 6.63. The van der Waals surface area contributed by atoms with E-state index in [4.69, 9.17) is 28.6 Å². The molecule has 0 atom stereocenters. The van der Waals surface area contributed by atoms with E-state index in [9.17, 15) is 4.79 Å². The fourth-order valence-electron chi connectivity index (χ4n) is 2.59. The molecule has 1 amide bonds. The molecule has 2 aromatic rings. The van der Waals surface area contributed by atoms with E-state index in [1.165, 1.54) is 0 Å². The number of morpholine rings is 1. The van der Waals surface area contributed by atoms with Crippen LogP contribution in [-0.4, -0.2) is 37.3 Å². The average molecular weight is 376 g/mol. The van der Waals surface area contributed by atoms with Gasteiger partial charge < -0.3 is 15.0 Å². The highest BCUT2D eigenvalue weighted by Crippen LogP contribution is 2.26. The van der Waals surface area contributed by atoms with Crippen LogP contribution in [0.4, 0.5) is 11.4 Å². The van der Waals surface area contributed by atoms with Crippen molar-refractivity contribution in [3.63, 3.8) is 0 Å². The Labute approximate surface area is 156 Å². The number of ether oxygens (including phenoxy) is 1. The molecule has 5 nitrogen and oxygen atoms in total. The summed E-state index contributed by atoms with van der Waals surface area (Å²) >= 11 is 11.1. The van der Waals surface area contributed by atoms with E-state index in [0.717, 1.165) is 24.5 Å². The highest BCUT2D eigenvalue weighted by Gasteiger charge is 2.15. The van der Waals surface area contributed by atoms with Crippen LogP contribution in [0.1, 0.15) is 10.4 Å². The van der Waals surface area contributed by atoms with Crippen molar-refractivity contribution < 1.29 is 9.53 Å². The molecule has 0 unspecified atom stereocenters. The molecule has 2 aromatic carbocycles. The van der Waals surface area contributed by atoms with Crippen molar-refractivity contribution in [1.29, 1.82) is 0 Å². The molecule has 1 saturated heterocycles. The highest BCUT2D eigenvalue weighted by molar-refractivity contribution is 7.80. The summed E-state index contributed by atoms with van der Waals surface area (Å²) in [6.45, 7) is 3.04. The van der Waals surface area contributed by atoms with E-state index < -0.39 is 0 Å². The van der Waals surface area contributed by atoms with E-state index >= 15 is 0 Å². The molecule has 0 aromatic heterocycles. The van der Waals surface area contributed by atoms with Gasteiger partial charge in [0.25, 0.3) is 5.91 Å². The van der Waals surface area contributed by atoms with Crippen LogP contribution in [0.2, 0.25) is 5.02 Å². The van der Waals surface area contributed by atoms with E-state index in [1.54, 1.807) is 24.3 Å². The molecule has 0 bridgehead atoms. The maximum atomic E-state index is 12.2. The molecule has 1 aliphatic heterocycles. The first-order valence-corrected chi connectivity index (χ1v) is 8.72. The number of benzene rings is 2. The maximum absolute atomic E-state index is 12.2. The molecular weight excluding hydrogens is 358 g/mol. The molecule has 130 valence electrons. The number of halogens is 1. The number of nitrogens with zero attached hydrogens (tertiary/aromatic N) is 1. The van der Waals surface area contributed by atoms with Gasteiger partial charge in [0.1, 0.15) is 0 Å². The van der Waals surface area contributed by atoms with Gasteiger partial charge in [0.2, 0.25) is 0 Å². The Morgan fingerprint density at radius 1 is 1.08 bits per heavy atom. The van der Waals surface area contributed by atoms with Gasteiger partial charge in [-0.1, -0.05) is 23.7 Å². The van der Waals surface area contributed by atoms with Gasteiger partial charge in [-0.25, -0.2) is 0 Å². The summed E-state index contributed by atoms with van der Waals surface area (Å²) in [4.78, 5) is 14.5. The fraction of sp³-hybridized carbons (Fsp3) is 0.222. The molecule has 0 saturated carbocycles. The molecule has 25 heavy (non-hydrogen) atoms. The normalized spacial score (nSPS) is 14.0. The van der Waals surface area contributed by atoms with Gasteiger partial charge in [-0.3, -0.25) is 10.1 Å². The smallest absolute Gasteiger partial charge is 0.257 e. The lowest BCUT2D eigenvalue weighted by Crippen LogP contribution is -2.38. The van der Waals surface area contributed by atoms with Crippen LogP contribution in [0.5, 0.6) is 0 Å². The minimum absolute atomic E-state index is 0.251. The predicted molar refractivity (Wildman–Crippen MR) is 105 cm³/mol. The largest absolute Gasteiger partial charge is 0.378 e. The molecule has 0 radical (unpaired) electrons. The van der Waals surface area contributed by atoms with Crippen LogP contribution >= 0.6 is 23.8 Å².